The van der Waals surface area contributed by atoms with Gasteiger partial charge in [0.1, 0.15) is 12.1 Å². The predicted molar refractivity (Wildman–Crippen MR) is 125 cm³/mol. The first kappa shape index (κ1) is 29.8. The van der Waals surface area contributed by atoms with Gasteiger partial charge in [0.15, 0.2) is 5.96 Å². The van der Waals surface area contributed by atoms with Crippen LogP contribution in [0.4, 0.5) is 0 Å². The van der Waals surface area contributed by atoms with Crippen molar-refractivity contribution >= 4 is 35.6 Å². The molecule has 0 saturated carbocycles. The maximum absolute atomic E-state index is 12.2. The van der Waals surface area contributed by atoms with Crippen LogP contribution in [0.5, 0.6) is 0 Å². The zero-order valence-electron chi connectivity index (χ0n) is 19.4. The van der Waals surface area contributed by atoms with Crippen molar-refractivity contribution in [3.05, 3.63) is 18.2 Å². The van der Waals surface area contributed by atoms with E-state index in [9.17, 15) is 34.2 Å². The highest BCUT2D eigenvalue weighted by atomic mass is 16.4. The highest BCUT2D eigenvalue weighted by Gasteiger charge is 2.24. The number of nitrogens with zero attached hydrogens (tertiary/aromatic N) is 2. The minimum absolute atomic E-state index is 0.0424. The Morgan fingerprint density at radius 3 is 2.31 bits per heavy atom. The van der Waals surface area contributed by atoms with Gasteiger partial charge < -0.3 is 53.7 Å². The number of H-pyrrole nitrogens is 1. The second-order valence-corrected chi connectivity index (χ2v) is 7.53. The molecule has 36 heavy (non-hydrogen) atoms. The van der Waals surface area contributed by atoms with Gasteiger partial charge in [-0.05, 0) is 12.8 Å². The maximum atomic E-state index is 12.2. The van der Waals surface area contributed by atoms with Crippen molar-refractivity contribution < 1.29 is 34.2 Å². The van der Waals surface area contributed by atoms with Crippen LogP contribution in [0, 0.1) is 0 Å². The summed E-state index contributed by atoms with van der Waals surface area (Å²) in [7, 11) is 0. The Labute approximate surface area is 205 Å². The fourth-order valence-corrected chi connectivity index (χ4v) is 2.72. The Bertz CT molecular complexity index is 918. The Balaban J connectivity index is 2.39. The van der Waals surface area contributed by atoms with Crippen molar-refractivity contribution in [2.75, 3.05) is 26.2 Å². The number of aliphatic hydroxyl groups excluding tert-OH is 1. The van der Waals surface area contributed by atoms with E-state index < -0.39 is 67.4 Å². The Morgan fingerprint density at radius 1 is 1.03 bits per heavy atom. The van der Waals surface area contributed by atoms with Gasteiger partial charge in [-0.2, -0.15) is 0 Å². The van der Waals surface area contributed by atoms with Crippen LogP contribution in [0.1, 0.15) is 18.5 Å². The van der Waals surface area contributed by atoms with E-state index in [2.05, 4.69) is 36.2 Å². The summed E-state index contributed by atoms with van der Waals surface area (Å²) in [6.45, 7) is -1.60. The number of carbonyl (C=O) groups excluding carboxylic acids is 4. The van der Waals surface area contributed by atoms with E-state index in [1.807, 2.05) is 0 Å². The van der Waals surface area contributed by atoms with Crippen LogP contribution in [0.2, 0.25) is 0 Å². The highest BCUT2D eigenvalue weighted by molar-refractivity contribution is 5.93. The molecule has 0 radical (unpaired) electrons. The second-order valence-electron chi connectivity index (χ2n) is 7.53. The van der Waals surface area contributed by atoms with Gasteiger partial charge >= 0.3 is 5.97 Å². The number of aromatic amines is 1. The summed E-state index contributed by atoms with van der Waals surface area (Å²) in [5.74, 6) is -4.46. The number of aliphatic imine (C=N–C) groups is 1. The van der Waals surface area contributed by atoms with E-state index in [0.29, 0.717) is 12.1 Å². The lowest BCUT2D eigenvalue weighted by Crippen LogP contribution is -2.54. The molecule has 4 amide bonds. The monoisotopic (exact) mass is 512 g/mol. The molecule has 3 atom stereocenters. The minimum Gasteiger partial charge on any atom is -0.480 e. The molecule has 17 nitrogen and oxygen atoms in total. The number of imidazole rings is 1. The molecule has 1 aromatic heterocycles. The average Bonchev–Trinajstić information content (AvgIpc) is 3.34. The second kappa shape index (κ2) is 15.6. The summed E-state index contributed by atoms with van der Waals surface area (Å²) >= 11 is 0. The normalized spacial score (nSPS) is 12.9. The zero-order valence-corrected chi connectivity index (χ0v) is 19.4. The number of nitrogens with two attached hydrogens (primary N) is 3. The van der Waals surface area contributed by atoms with Gasteiger partial charge in [-0.25, -0.2) is 9.78 Å². The molecule has 17 heteroatoms. The molecule has 0 saturated heterocycles. The fourth-order valence-electron chi connectivity index (χ4n) is 2.72. The summed E-state index contributed by atoms with van der Waals surface area (Å²) < 4.78 is 0. The summed E-state index contributed by atoms with van der Waals surface area (Å²) in [5, 5.41) is 27.6. The first-order chi connectivity index (χ1) is 17.0. The van der Waals surface area contributed by atoms with Crippen molar-refractivity contribution in [1.82, 2.24) is 31.2 Å². The molecule has 1 aromatic rings. The lowest BCUT2D eigenvalue weighted by atomic mass is 10.1. The third-order valence-corrected chi connectivity index (χ3v) is 4.60. The maximum Gasteiger partial charge on any atom is 0.326 e. The number of aliphatic hydroxyl groups is 1. The molecule has 0 aromatic carbocycles. The lowest BCUT2D eigenvalue weighted by molar-refractivity contribution is -0.141. The number of guanidine groups is 1. The molecule has 1 rings (SSSR count). The van der Waals surface area contributed by atoms with E-state index in [1.165, 1.54) is 12.5 Å². The van der Waals surface area contributed by atoms with Gasteiger partial charge in [-0.15, -0.1) is 0 Å². The zero-order chi connectivity index (χ0) is 27.1. The third kappa shape index (κ3) is 11.7. The van der Waals surface area contributed by atoms with E-state index in [-0.39, 0.29) is 25.3 Å². The van der Waals surface area contributed by atoms with Crippen molar-refractivity contribution in [1.29, 1.82) is 0 Å². The van der Waals surface area contributed by atoms with Gasteiger partial charge in [0, 0.05) is 24.9 Å². The number of aromatic nitrogens is 2. The smallest absolute Gasteiger partial charge is 0.326 e. The van der Waals surface area contributed by atoms with Crippen LogP contribution in [0.25, 0.3) is 0 Å². The molecular formula is C19H32N10O7. The topological polar surface area (TPSA) is 293 Å². The summed E-state index contributed by atoms with van der Waals surface area (Å²) in [6.07, 6.45) is 3.36. The summed E-state index contributed by atoms with van der Waals surface area (Å²) in [6, 6.07) is -3.59. The van der Waals surface area contributed by atoms with Crippen LogP contribution in [-0.4, -0.2) is 100 Å². The first-order valence-corrected chi connectivity index (χ1v) is 10.8. The number of hydrogen-bond donors (Lipinski definition) is 10. The van der Waals surface area contributed by atoms with E-state index in [0.717, 1.165) is 0 Å². The van der Waals surface area contributed by atoms with Crippen LogP contribution < -0.4 is 38.5 Å². The molecule has 0 aliphatic carbocycles. The Morgan fingerprint density at radius 2 is 1.72 bits per heavy atom. The predicted octanol–water partition coefficient (Wildman–Crippen LogP) is -5.39. The summed E-state index contributed by atoms with van der Waals surface area (Å²) in [4.78, 5) is 69.8. The molecule has 13 N–H and O–H groups in total. The molecule has 0 fully saturated rings. The number of aliphatic carboxylic acids is 1. The lowest BCUT2D eigenvalue weighted by Gasteiger charge is -2.19. The third-order valence-electron chi connectivity index (χ3n) is 4.60. The number of rotatable bonds is 16. The number of carbonyl (C=O) groups is 5. The Hall–Kier alpha value is -4.25. The molecule has 0 bridgehead atoms. The van der Waals surface area contributed by atoms with Gasteiger partial charge in [0.2, 0.25) is 23.6 Å². The summed E-state index contributed by atoms with van der Waals surface area (Å²) in [5.41, 5.74) is 16.6. The molecular weight excluding hydrogens is 480 g/mol. The van der Waals surface area contributed by atoms with E-state index in [1.54, 1.807) is 0 Å². The van der Waals surface area contributed by atoms with Crippen molar-refractivity contribution in [2.24, 2.45) is 22.2 Å². The molecule has 0 aliphatic rings. The highest BCUT2D eigenvalue weighted by Crippen LogP contribution is 1.99. The molecule has 0 aliphatic heterocycles. The molecule has 0 unspecified atom stereocenters. The number of amides is 4. The number of hydrogen-bond acceptors (Lipinski definition) is 9. The number of nitrogens with one attached hydrogen (secondary N) is 5. The van der Waals surface area contributed by atoms with Crippen molar-refractivity contribution in [2.45, 2.75) is 37.4 Å². The van der Waals surface area contributed by atoms with E-state index >= 15 is 0 Å². The van der Waals surface area contributed by atoms with E-state index in [4.69, 9.17) is 17.2 Å². The van der Waals surface area contributed by atoms with Crippen LogP contribution in [-0.2, 0) is 30.4 Å². The van der Waals surface area contributed by atoms with Gasteiger partial charge in [-0.1, -0.05) is 0 Å². The first-order valence-electron chi connectivity index (χ1n) is 10.8. The average molecular weight is 513 g/mol. The van der Waals surface area contributed by atoms with Crippen molar-refractivity contribution in [3.8, 4) is 0 Å². The van der Waals surface area contributed by atoms with Crippen molar-refractivity contribution in [3.63, 3.8) is 0 Å². The number of carboxylic acid groups (broad SMARTS) is 1. The largest absolute Gasteiger partial charge is 0.480 e. The molecule has 200 valence electrons. The minimum atomic E-state index is -1.36. The van der Waals surface area contributed by atoms with Gasteiger partial charge in [0.05, 0.1) is 32.1 Å². The Kier molecular flexibility index (Phi) is 12.9. The fraction of sp³-hybridized carbons (Fsp3) is 0.526. The molecule has 0 spiro atoms. The molecule has 1 heterocycles. The van der Waals surface area contributed by atoms with Crippen LogP contribution >= 0.6 is 0 Å². The standard InChI is InChI=1S/C19H32N10O7/c20-11(2-1-3-24-19(21)22)16(33)29-13(8-30)17(34)26-6-14(31)25-7-15(32)28-12(18(35)36)4-10-5-23-9-27-10/h5,9,11-13,30H,1-4,6-8,20H2,(H,23,27)(H,25,31)(H,26,34)(H,28,32)(H,29,33)(H,35,36)(H4,21,22,24)/t11-,12-,13-/m0/s1. The quantitative estimate of drug-likeness (QED) is 0.0566. The van der Waals surface area contributed by atoms with Gasteiger partial charge in [-0.3, -0.25) is 24.2 Å². The van der Waals surface area contributed by atoms with Crippen LogP contribution in [0.3, 0.4) is 0 Å². The van der Waals surface area contributed by atoms with Crippen LogP contribution in [0.15, 0.2) is 17.5 Å². The van der Waals surface area contributed by atoms with Gasteiger partial charge in [0.25, 0.3) is 0 Å². The number of carboxylic acids is 1. The SMILES string of the molecule is NC(N)=NCCC[C@H](N)C(=O)N[C@@H](CO)C(=O)NCC(=O)NCC(=O)N[C@@H](Cc1cnc[nH]1)C(=O)O.